The molecule has 2 N–H and O–H groups in total. The number of hydrogen-bond donors (Lipinski definition) is 2. The van der Waals surface area contributed by atoms with Gasteiger partial charge in [-0.15, -0.1) is 0 Å². The van der Waals surface area contributed by atoms with Crippen LogP contribution in [-0.4, -0.2) is 18.6 Å². The van der Waals surface area contributed by atoms with Crippen molar-refractivity contribution in [3.8, 4) is 0 Å². The number of rotatable bonds is 9. The third-order valence-electron chi connectivity index (χ3n) is 3.17. The Balaban J connectivity index is 2.28. The van der Waals surface area contributed by atoms with Crippen LogP contribution in [0, 0.1) is 17.6 Å². The van der Waals surface area contributed by atoms with Gasteiger partial charge in [0.15, 0.2) is 23.3 Å². The lowest BCUT2D eigenvalue weighted by Gasteiger charge is -2.09. The van der Waals surface area contributed by atoms with Crippen LogP contribution in [0.3, 0.4) is 0 Å². The second-order valence-corrected chi connectivity index (χ2v) is 5.42. The summed E-state index contributed by atoms with van der Waals surface area (Å²) in [5.41, 5.74) is 0. The van der Waals surface area contributed by atoms with E-state index in [-0.39, 0.29) is 11.6 Å². The number of anilines is 2. The highest BCUT2D eigenvalue weighted by Crippen LogP contribution is 2.18. The van der Waals surface area contributed by atoms with Gasteiger partial charge in [-0.05, 0) is 12.3 Å². The van der Waals surface area contributed by atoms with E-state index in [1.165, 1.54) is 19.3 Å². The molecule has 0 radical (unpaired) electrons. The molecule has 0 spiro atoms. The molecule has 3 nitrogen and oxygen atoms in total. The lowest BCUT2D eigenvalue weighted by molar-refractivity contribution is 0.522. The van der Waals surface area contributed by atoms with E-state index in [0.29, 0.717) is 6.54 Å². The molecule has 1 aromatic heterocycles. The van der Waals surface area contributed by atoms with E-state index < -0.39 is 11.6 Å². The van der Waals surface area contributed by atoms with Crippen molar-refractivity contribution in [2.45, 2.75) is 46.0 Å². The van der Waals surface area contributed by atoms with Crippen molar-refractivity contribution < 1.29 is 8.78 Å². The third kappa shape index (κ3) is 5.72. The first-order valence-electron chi connectivity index (χ1n) is 7.32. The molecule has 0 aliphatic rings. The first-order valence-corrected chi connectivity index (χ1v) is 7.32. The van der Waals surface area contributed by atoms with Gasteiger partial charge in [0.25, 0.3) is 0 Å². The fourth-order valence-corrected chi connectivity index (χ4v) is 2.00. The predicted octanol–water partition coefficient (Wildman–Crippen LogP) is 4.42. The summed E-state index contributed by atoms with van der Waals surface area (Å²) in [4.78, 5) is 3.88. The predicted molar refractivity (Wildman–Crippen MR) is 80.1 cm³/mol. The van der Waals surface area contributed by atoms with Crippen molar-refractivity contribution in [1.82, 2.24) is 4.98 Å². The van der Waals surface area contributed by atoms with E-state index in [9.17, 15) is 8.78 Å². The molecule has 20 heavy (non-hydrogen) atoms. The zero-order chi connectivity index (χ0) is 15.0. The lowest BCUT2D eigenvalue weighted by atomic mass is 10.0. The maximum atomic E-state index is 13.5. The molecule has 5 heteroatoms. The molecule has 1 aromatic rings. The Labute approximate surface area is 120 Å². The molecular formula is C15H25F2N3. The first-order chi connectivity index (χ1) is 9.54. The molecule has 0 amide bonds. The number of unbranched alkanes of at least 4 members (excludes halogenated alkanes) is 3. The number of hydrogen-bond acceptors (Lipinski definition) is 3. The summed E-state index contributed by atoms with van der Waals surface area (Å²) in [6.07, 6.45) is 5.77. The Morgan fingerprint density at radius 3 is 2.35 bits per heavy atom. The summed E-state index contributed by atoms with van der Waals surface area (Å²) < 4.78 is 26.7. The Morgan fingerprint density at radius 1 is 1.05 bits per heavy atom. The third-order valence-corrected chi connectivity index (χ3v) is 3.17. The minimum absolute atomic E-state index is 0.0610. The van der Waals surface area contributed by atoms with Gasteiger partial charge in [-0.2, -0.15) is 0 Å². The molecule has 114 valence electrons. The van der Waals surface area contributed by atoms with Crippen molar-refractivity contribution >= 4 is 11.6 Å². The van der Waals surface area contributed by atoms with E-state index in [4.69, 9.17) is 0 Å². The summed E-state index contributed by atoms with van der Waals surface area (Å²) in [6, 6.07) is 0.851. The standard InChI is InChI=1S/C15H25F2N3/c1-11(2)8-6-4-5-7-9-19-15-13(17)10-12(16)14(18-3)20-15/h10-11H,4-9H2,1-3H3,(H2,18,19,20). The van der Waals surface area contributed by atoms with Gasteiger partial charge in [0, 0.05) is 19.7 Å². The summed E-state index contributed by atoms with van der Waals surface area (Å²) in [6.45, 7) is 5.11. The quantitative estimate of drug-likeness (QED) is 0.659. The number of aromatic nitrogens is 1. The van der Waals surface area contributed by atoms with Crippen LogP contribution in [0.15, 0.2) is 6.07 Å². The summed E-state index contributed by atoms with van der Waals surface area (Å²) in [5, 5.41) is 5.52. The largest absolute Gasteiger partial charge is 0.371 e. The average molecular weight is 285 g/mol. The summed E-state index contributed by atoms with van der Waals surface area (Å²) in [7, 11) is 1.56. The number of halogens is 2. The lowest BCUT2D eigenvalue weighted by Crippen LogP contribution is -2.08. The molecule has 0 bridgehead atoms. The summed E-state index contributed by atoms with van der Waals surface area (Å²) in [5.74, 6) is -0.403. The Morgan fingerprint density at radius 2 is 1.70 bits per heavy atom. The minimum Gasteiger partial charge on any atom is -0.371 e. The molecule has 0 fully saturated rings. The second kappa shape index (κ2) is 8.72. The Hall–Kier alpha value is -1.39. The van der Waals surface area contributed by atoms with Crippen LogP contribution < -0.4 is 10.6 Å². The van der Waals surface area contributed by atoms with Crippen molar-refractivity contribution in [2.24, 2.45) is 5.92 Å². The molecule has 0 aliphatic heterocycles. The smallest absolute Gasteiger partial charge is 0.168 e. The van der Waals surface area contributed by atoms with Gasteiger partial charge in [-0.25, -0.2) is 13.8 Å². The average Bonchev–Trinajstić information content (AvgIpc) is 2.39. The van der Waals surface area contributed by atoms with Crippen molar-refractivity contribution in [3.63, 3.8) is 0 Å². The highest BCUT2D eigenvalue weighted by molar-refractivity contribution is 5.47. The monoisotopic (exact) mass is 285 g/mol. The topological polar surface area (TPSA) is 37.0 Å². The van der Waals surface area contributed by atoms with Crippen LogP contribution in [-0.2, 0) is 0 Å². The van der Waals surface area contributed by atoms with Gasteiger partial charge in [0.1, 0.15) is 0 Å². The number of nitrogens with one attached hydrogen (secondary N) is 2. The second-order valence-electron chi connectivity index (χ2n) is 5.42. The zero-order valence-corrected chi connectivity index (χ0v) is 12.6. The molecule has 1 heterocycles. The van der Waals surface area contributed by atoms with Crippen LogP contribution in [0.2, 0.25) is 0 Å². The molecule has 0 saturated carbocycles. The molecular weight excluding hydrogens is 260 g/mol. The van der Waals surface area contributed by atoms with Gasteiger partial charge in [-0.1, -0.05) is 39.5 Å². The zero-order valence-electron chi connectivity index (χ0n) is 12.6. The molecule has 0 atom stereocenters. The van der Waals surface area contributed by atoms with E-state index in [1.807, 2.05) is 0 Å². The van der Waals surface area contributed by atoms with Crippen molar-refractivity contribution in [2.75, 3.05) is 24.2 Å². The highest BCUT2D eigenvalue weighted by atomic mass is 19.1. The molecule has 0 unspecified atom stereocenters. The van der Waals surface area contributed by atoms with E-state index in [0.717, 1.165) is 24.8 Å². The normalized spacial score (nSPS) is 10.9. The van der Waals surface area contributed by atoms with Crippen LogP contribution in [0.1, 0.15) is 46.0 Å². The minimum atomic E-state index is -0.677. The van der Waals surface area contributed by atoms with E-state index in [1.54, 1.807) is 7.05 Å². The van der Waals surface area contributed by atoms with Crippen LogP contribution >= 0.6 is 0 Å². The fraction of sp³-hybridized carbons (Fsp3) is 0.667. The van der Waals surface area contributed by atoms with Crippen LogP contribution in [0.4, 0.5) is 20.4 Å². The summed E-state index contributed by atoms with van der Waals surface area (Å²) >= 11 is 0. The maximum absolute atomic E-state index is 13.5. The molecule has 0 saturated heterocycles. The van der Waals surface area contributed by atoms with Gasteiger partial charge in [0.05, 0.1) is 0 Å². The fourth-order valence-electron chi connectivity index (χ4n) is 2.00. The molecule has 1 rings (SSSR count). The van der Waals surface area contributed by atoms with Crippen molar-refractivity contribution in [1.29, 1.82) is 0 Å². The SMILES string of the molecule is CNc1nc(NCCCCCCC(C)C)c(F)cc1F. The Kier molecular flexibility index (Phi) is 7.26. The highest BCUT2D eigenvalue weighted by Gasteiger charge is 2.10. The van der Waals surface area contributed by atoms with E-state index >= 15 is 0 Å². The maximum Gasteiger partial charge on any atom is 0.168 e. The van der Waals surface area contributed by atoms with Gasteiger partial charge in [0.2, 0.25) is 0 Å². The number of pyridine rings is 1. The van der Waals surface area contributed by atoms with Crippen LogP contribution in [0.25, 0.3) is 0 Å². The van der Waals surface area contributed by atoms with Crippen LogP contribution in [0.5, 0.6) is 0 Å². The molecule has 0 aliphatic carbocycles. The first kappa shape index (κ1) is 16.7. The van der Waals surface area contributed by atoms with Gasteiger partial charge < -0.3 is 10.6 Å². The van der Waals surface area contributed by atoms with E-state index in [2.05, 4.69) is 29.5 Å². The van der Waals surface area contributed by atoms with Gasteiger partial charge in [-0.3, -0.25) is 0 Å². The van der Waals surface area contributed by atoms with Crippen molar-refractivity contribution in [3.05, 3.63) is 17.7 Å². The molecule has 0 aromatic carbocycles. The van der Waals surface area contributed by atoms with Gasteiger partial charge >= 0.3 is 0 Å². The number of nitrogens with zero attached hydrogens (tertiary/aromatic N) is 1. The Bertz CT molecular complexity index is 408.